The van der Waals surface area contributed by atoms with Crippen LogP contribution >= 0.6 is 11.6 Å². The van der Waals surface area contributed by atoms with Crippen molar-refractivity contribution in [1.29, 1.82) is 0 Å². The Morgan fingerprint density at radius 3 is 2.68 bits per heavy atom. The normalized spacial score (nSPS) is 15.0. The monoisotopic (exact) mass is 280 g/mol. The molecule has 3 heteroatoms. The van der Waals surface area contributed by atoms with Crippen molar-refractivity contribution in [1.82, 2.24) is 0 Å². The van der Waals surface area contributed by atoms with Crippen LogP contribution in [0.15, 0.2) is 18.2 Å². The average Bonchev–Trinajstić information content (AvgIpc) is 3.17. The SMILES string of the molecule is CC(C)CCN(c1cccc(Cl)c1CCN)C1CC1. The summed E-state index contributed by atoms with van der Waals surface area (Å²) in [6, 6.07) is 6.95. The molecule has 0 aromatic heterocycles. The molecule has 0 unspecified atom stereocenters. The standard InChI is InChI=1S/C16H25ClN2/c1-12(2)9-11-19(13-6-7-13)16-5-3-4-15(17)14(16)8-10-18/h3-5,12-13H,6-11,18H2,1-2H3. The minimum Gasteiger partial charge on any atom is -0.368 e. The van der Waals surface area contributed by atoms with Crippen molar-refractivity contribution >= 4 is 17.3 Å². The minimum atomic E-state index is 0.652. The molecule has 0 atom stereocenters. The van der Waals surface area contributed by atoms with Gasteiger partial charge in [-0.2, -0.15) is 0 Å². The van der Waals surface area contributed by atoms with Gasteiger partial charge in [-0.15, -0.1) is 0 Å². The second kappa shape index (κ2) is 6.62. The van der Waals surface area contributed by atoms with Gasteiger partial charge in [0.1, 0.15) is 0 Å². The highest BCUT2D eigenvalue weighted by Gasteiger charge is 2.30. The number of rotatable bonds is 7. The molecule has 0 radical (unpaired) electrons. The molecule has 0 spiro atoms. The third kappa shape index (κ3) is 3.87. The quantitative estimate of drug-likeness (QED) is 0.822. The maximum Gasteiger partial charge on any atom is 0.0459 e. The molecular formula is C16H25ClN2. The molecule has 1 aromatic carbocycles. The van der Waals surface area contributed by atoms with E-state index in [0.29, 0.717) is 12.6 Å². The van der Waals surface area contributed by atoms with Gasteiger partial charge >= 0.3 is 0 Å². The smallest absolute Gasteiger partial charge is 0.0459 e. The first-order valence-electron chi connectivity index (χ1n) is 7.37. The predicted octanol–water partition coefficient (Wildman–Crippen LogP) is 3.86. The summed E-state index contributed by atoms with van der Waals surface area (Å²) in [4.78, 5) is 2.55. The van der Waals surface area contributed by atoms with E-state index >= 15 is 0 Å². The largest absolute Gasteiger partial charge is 0.368 e. The Hall–Kier alpha value is -0.730. The van der Waals surface area contributed by atoms with Crippen molar-refractivity contribution in [3.05, 3.63) is 28.8 Å². The molecule has 0 aliphatic heterocycles. The van der Waals surface area contributed by atoms with E-state index in [1.54, 1.807) is 0 Å². The van der Waals surface area contributed by atoms with Gasteiger partial charge in [-0.3, -0.25) is 0 Å². The fourth-order valence-electron chi connectivity index (χ4n) is 2.49. The number of nitrogens with zero attached hydrogens (tertiary/aromatic N) is 1. The van der Waals surface area contributed by atoms with Crippen molar-refractivity contribution in [2.45, 2.75) is 45.6 Å². The van der Waals surface area contributed by atoms with Crippen LogP contribution in [0.3, 0.4) is 0 Å². The lowest BCUT2D eigenvalue weighted by Crippen LogP contribution is -2.29. The molecule has 1 fully saturated rings. The van der Waals surface area contributed by atoms with Gasteiger partial charge in [0.2, 0.25) is 0 Å². The number of nitrogens with two attached hydrogens (primary N) is 1. The van der Waals surface area contributed by atoms with E-state index in [1.807, 2.05) is 6.07 Å². The summed E-state index contributed by atoms with van der Waals surface area (Å²) in [5.41, 5.74) is 8.27. The minimum absolute atomic E-state index is 0.652. The zero-order valence-corrected chi connectivity index (χ0v) is 12.8. The second-order valence-corrected chi connectivity index (χ2v) is 6.29. The van der Waals surface area contributed by atoms with Gasteiger partial charge in [0.25, 0.3) is 0 Å². The Balaban J connectivity index is 2.22. The molecule has 2 rings (SSSR count). The van der Waals surface area contributed by atoms with Gasteiger partial charge in [-0.25, -0.2) is 0 Å². The number of anilines is 1. The number of hydrogen-bond acceptors (Lipinski definition) is 2. The van der Waals surface area contributed by atoms with Crippen LogP contribution in [0.4, 0.5) is 5.69 Å². The molecule has 1 aliphatic carbocycles. The van der Waals surface area contributed by atoms with Crippen LogP contribution in [0.2, 0.25) is 5.02 Å². The van der Waals surface area contributed by atoms with E-state index in [2.05, 4.69) is 30.9 Å². The van der Waals surface area contributed by atoms with Crippen molar-refractivity contribution in [2.75, 3.05) is 18.0 Å². The number of benzene rings is 1. The highest BCUT2D eigenvalue weighted by molar-refractivity contribution is 6.31. The molecule has 1 aliphatic rings. The lowest BCUT2D eigenvalue weighted by Gasteiger charge is -2.28. The van der Waals surface area contributed by atoms with Gasteiger partial charge in [-0.1, -0.05) is 31.5 Å². The van der Waals surface area contributed by atoms with E-state index < -0.39 is 0 Å². The van der Waals surface area contributed by atoms with Crippen LogP contribution in [0.5, 0.6) is 0 Å². The molecule has 19 heavy (non-hydrogen) atoms. The topological polar surface area (TPSA) is 29.3 Å². The highest BCUT2D eigenvalue weighted by atomic mass is 35.5. The third-order valence-corrected chi connectivity index (χ3v) is 4.09. The molecule has 1 aromatic rings. The highest BCUT2D eigenvalue weighted by Crippen LogP contribution is 2.36. The van der Waals surface area contributed by atoms with Gasteiger partial charge in [0, 0.05) is 23.3 Å². The molecule has 0 bridgehead atoms. The lowest BCUT2D eigenvalue weighted by molar-refractivity contribution is 0.570. The molecule has 0 heterocycles. The number of hydrogen-bond donors (Lipinski definition) is 1. The Bertz CT molecular complexity index is 413. The first kappa shape index (κ1) is 14.7. The van der Waals surface area contributed by atoms with E-state index in [4.69, 9.17) is 17.3 Å². The first-order valence-corrected chi connectivity index (χ1v) is 7.75. The summed E-state index contributed by atoms with van der Waals surface area (Å²) in [6.45, 7) is 6.34. The third-order valence-electron chi connectivity index (χ3n) is 3.73. The predicted molar refractivity (Wildman–Crippen MR) is 84.0 cm³/mol. The summed E-state index contributed by atoms with van der Waals surface area (Å²) >= 11 is 6.36. The van der Waals surface area contributed by atoms with Crippen molar-refractivity contribution in [3.8, 4) is 0 Å². The zero-order valence-electron chi connectivity index (χ0n) is 12.0. The molecule has 0 saturated heterocycles. The molecular weight excluding hydrogens is 256 g/mol. The van der Waals surface area contributed by atoms with E-state index in [9.17, 15) is 0 Å². The van der Waals surface area contributed by atoms with E-state index in [0.717, 1.165) is 23.9 Å². The van der Waals surface area contributed by atoms with E-state index in [-0.39, 0.29) is 0 Å². The molecule has 2 N–H and O–H groups in total. The summed E-state index contributed by atoms with van der Waals surface area (Å²) in [5.74, 6) is 0.735. The maximum atomic E-state index is 6.36. The van der Waals surface area contributed by atoms with E-state index in [1.165, 1.54) is 30.5 Å². The molecule has 0 amide bonds. The molecule has 1 saturated carbocycles. The van der Waals surface area contributed by atoms with Gasteiger partial charge in [-0.05, 0) is 55.8 Å². The summed E-state index contributed by atoms with van der Waals surface area (Å²) in [7, 11) is 0. The van der Waals surface area contributed by atoms with Gasteiger partial charge in [0.15, 0.2) is 0 Å². The zero-order chi connectivity index (χ0) is 13.8. The van der Waals surface area contributed by atoms with Crippen molar-refractivity contribution in [3.63, 3.8) is 0 Å². The summed E-state index contributed by atoms with van der Waals surface area (Å²) < 4.78 is 0. The molecule has 2 nitrogen and oxygen atoms in total. The summed E-state index contributed by atoms with van der Waals surface area (Å²) in [5, 5.41) is 0.859. The molecule has 106 valence electrons. The van der Waals surface area contributed by atoms with Gasteiger partial charge in [0.05, 0.1) is 0 Å². The Kier molecular flexibility index (Phi) is 5.12. The van der Waals surface area contributed by atoms with Crippen LogP contribution < -0.4 is 10.6 Å². The maximum absolute atomic E-state index is 6.36. The second-order valence-electron chi connectivity index (χ2n) is 5.88. The Morgan fingerprint density at radius 2 is 2.11 bits per heavy atom. The van der Waals surface area contributed by atoms with Gasteiger partial charge < -0.3 is 10.6 Å². The van der Waals surface area contributed by atoms with Crippen molar-refractivity contribution in [2.24, 2.45) is 11.7 Å². The number of halogens is 1. The lowest BCUT2D eigenvalue weighted by atomic mass is 10.1. The first-order chi connectivity index (χ1) is 9.13. The van der Waals surface area contributed by atoms with Crippen molar-refractivity contribution < 1.29 is 0 Å². The fraction of sp³-hybridized carbons (Fsp3) is 0.625. The van der Waals surface area contributed by atoms with Crippen LogP contribution in [0.25, 0.3) is 0 Å². The van der Waals surface area contributed by atoms with Crippen LogP contribution in [0, 0.1) is 5.92 Å². The van der Waals surface area contributed by atoms with Crippen LogP contribution in [-0.4, -0.2) is 19.1 Å². The van der Waals surface area contributed by atoms with Crippen LogP contribution in [-0.2, 0) is 6.42 Å². The van der Waals surface area contributed by atoms with Crippen LogP contribution in [0.1, 0.15) is 38.7 Å². The average molecular weight is 281 g/mol. The Labute approximate surface area is 121 Å². The summed E-state index contributed by atoms with van der Waals surface area (Å²) in [6.07, 6.45) is 4.71. The Morgan fingerprint density at radius 1 is 1.37 bits per heavy atom. The fourth-order valence-corrected chi connectivity index (χ4v) is 2.76.